The van der Waals surface area contributed by atoms with E-state index in [0.29, 0.717) is 16.9 Å². The summed E-state index contributed by atoms with van der Waals surface area (Å²) in [5, 5.41) is 30.6. The molecular weight excluding hydrogens is 382 g/mol. The van der Waals surface area contributed by atoms with Crippen LogP contribution in [-0.2, 0) is 0 Å². The number of hydrogen-bond donors (Lipinski definition) is 2. The van der Waals surface area contributed by atoms with Gasteiger partial charge < -0.3 is 10.2 Å². The van der Waals surface area contributed by atoms with E-state index in [1.165, 1.54) is 44.9 Å². The fourth-order valence-electron chi connectivity index (χ4n) is 8.76. The van der Waals surface area contributed by atoms with Crippen molar-refractivity contribution >= 4 is 0 Å². The molecule has 2 N–H and O–H groups in total. The molecule has 5 rings (SSSR count). The van der Waals surface area contributed by atoms with Gasteiger partial charge in [0.25, 0.3) is 0 Å². The van der Waals surface area contributed by atoms with E-state index in [9.17, 15) is 10.2 Å². The smallest absolute Gasteiger partial charge is 0.0991 e. The van der Waals surface area contributed by atoms with Gasteiger partial charge in [0.1, 0.15) is 0 Å². The third kappa shape index (κ3) is 3.75. The third-order valence-electron chi connectivity index (χ3n) is 10.4. The van der Waals surface area contributed by atoms with Gasteiger partial charge in [-0.05, 0) is 130 Å². The Kier molecular flexibility index (Phi) is 5.47. The van der Waals surface area contributed by atoms with Crippen molar-refractivity contribution in [3.63, 3.8) is 0 Å². The highest BCUT2D eigenvalue weighted by Crippen LogP contribution is 2.65. The molecule has 3 heteroatoms. The Labute approximate surface area is 187 Å². The predicted octanol–water partition coefficient (Wildman–Crippen LogP) is 6.00. The molecule has 9 atom stereocenters. The highest BCUT2D eigenvalue weighted by atomic mass is 16.3. The van der Waals surface area contributed by atoms with Crippen LogP contribution in [0.15, 0.2) is 24.3 Å². The molecule has 4 saturated carbocycles. The van der Waals surface area contributed by atoms with Crippen LogP contribution in [0.25, 0.3) is 0 Å². The fraction of sp³-hybridized carbons (Fsp3) is 0.750. The van der Waals surface area contributed by atoms with Crippen LogP contribution in [-0.4, -0.2) is 15.8 Å². The summed E-state index contributed by atoms with van der Waals surface area (Å²) in [6.45, 7) is 4.59. The molecular formula is C28H39NO2. The monoisotopic (exact) mass is 421 g/mol. The van der Waals surface area contributed by atoms with Gasteiger partial charge in [-0.1, -0.05) is 19.1 Å². The van der Waals surface area contributed by atoms with Crippen molar-refractivity contribution in [1.29, 1.82) is 5.26 Å². The highest BCUT2D eigenvalue weighted by Gasteiger charge is 2.57. The summed E-state index contributed by atoms with van der Waals surface area (Å²) in [4.78, 5) is 0. The molecule has 4 fully saturated rings. The average Bonchev–Trinajstić information content (AvgIpc) is 3.09. The Bertz CT molecular complexity index is 840. The zero-order valence-corrected chi connectivity index (χ0v) is 19.3. The van der Waals surface area contributed by atoms with E-state index in [1.54, 1.807) is 0 Å². The van der Waals surface area contributed by atoms with Gasteiger partial charge in [0, 0.05) is 0 Å². The molecule has 31 heavy (non-hydrogen) atoms. The van der Waals surface area contributed by atoms with Crippen LogP contribution >= 0.6 is 0 Å². The van der Waals surface area contributed by atoms with E-state index in [2.05, 4.69) is 13.0 Å². The minimum absolute atomic E-state index is 0.363. The largest absolute Gasteiger partial charge is 0.390 e. The van der Waals surface area contributed by atoms with E-state index < -0.39 is 11.7 Å². The molecule has 0 unspecified atom stereocenters. The first-order valence-electron chi connectivity index (χ1n) is 12.7. The topological polar surface area (TPSA) is 64.2 Å². The minimum atomic E-state index is -0.433. The van der Waals surface area contributed by atoms with E-state index in [4.69, 9.17) is 5.26 Å². The maximum Gasteiger partial charge on any atom is 0.0991 e. The van der Waals surface area contributed by atoms with Crippen molar-refractivity contribution in [2.75, 3.05) is 0 Å². The molecule has 0 spiro atoms. The Morgan fingerprint density at radius 2 is 1.71 bits per heavy atom. The molecule has 4 aliphatic rings. The van der Waals surface area contributed by atoms with Crippen molar-refractivity contribution in [2.24, 2.45) is 40.9 Å². The SMILES string of the molecule is C[C@@]1(O)CC[C@H]2[C@H](CC[C@@H]3[C@@H]2CC[C@]2(C)[C@@H](C[C@H](O)c4ccc(C#N)cc4)CC[C@@H]32)C1. The summed E-state index contributed by atoms with van der Waals surface area (Å²) in [6, 6.07) is 9.66. The van der Waals surface area contributed by atoms with E-state index in [-0.39, 0.29) is 0 Å². The lowest BCUT2D eigenvalue weighted by Gasteiger charge is -2.57. The number of rotatable bonds is 3. The molecule has 0 amide bonds. The van der Waals surface area contributed by atoms with Gasteiger partial charge in [0.15, 0.2) is 0 Å². The lowest BCUT2D eigenvalue weighted by atomic mass is 9.49. The molecule has 168 valence electrons. The summed E-state index contributed by atoms with van der Waals surface area (Å²) in [5.41, 5.74) is 1.54. The first-order chi connectivity index (χ1) is 14.8. The van der Waals surface area contributed by atoms with Crippen molar-refractivity contribution < 1.29 is 10.2 Å². The highest BCUT2D eigenvalue weighted by molar-refractivity contribution is 5.32. The van der Waals surface area contributed by atoms with Crippen LogP contribution in [0.1, 0.15) is 95.3 Å². The molecule has 1 aromatic carbocycles. The number of nitrogens with zero attached hydrogens (tertiary/aromatic N) is 1. The predicted molar refractivity (Wildman–Crippen MR) is 122 cm³/mol. The van der Waals surface area contributed by atoms with Crippen molar-refractivity contribution in [1.82, 2.24) is 0 Å². The Morgan fingerprint density at radius 1 is 0.968 bits per heavy atom. The zero-order valence-electron chi connectivity index (χ0n) is 19.3. The van der Waals surface area contributed by atoms with Crippen molar-refractivity contribution in [3.05, 3.63) is 35.4 Å². The van der Waals surface area contributed by atoms with Crippen LogP contribution < -0.4 is 0 Å². The first-order valence-corrected chi connectivity index (χ1v) is 12.7. The van der Waals surface area contributed by atoms with Crippen molar-refractivity contribution in [2.45, 2.75) is 89.8 Å². The standard InChI is InChI=1S/C28H39NO2/c1-27(31)13-11-22-20(16-27)7-9-24-23(22)12-14-28(2)21(8-10-25(24)28)15-26(30)19-5-3-18(17-29)4-6-19/h3-6,20-26,30-31H,7-16H2,1-2H3/t20-,21-,22+,23-,24-,25+,26+,27-,28-/m1/s1. The molecule has 0 aliphatic heterocycles. The molecule has 0 saturated heterocycles. The van der Waals surface area contributed by atoms with Gasteiger partial charge in [-0.25, -0.2) is 0 Å². The maximum atomic E-state index is 11.0. The fourth-order valence-corrected chi connectivity index (χ4v) is 8.76. The van der Waals surface area contributed by atoms with Crippen LogP contribution in [0.2, 0.25) is 0 Å². The normalized spacial score (nSPS) is 45.1. The second-order valence-corrected chi connectivity index (χ2v) is 12.0. The molecule has 3 nitrogen and oxygen atoms in total. The second kappa shape index (κ2) is 7.89. The number of aliphatic hydroxyl groups excluding tert-OH is 1. The Hall–Kier alpha value is -1.37. The Balaban J connectivity index is 1.28. The summed E-state index contributed by atoms with van der Waals surface area (Å²) in [6.07, 6.45) is 11.6. The van der Waals surface area contributed by atoms with Gasteiger partial charge in [0.05, 0.1) is 23.3 Å². The number of benzene rings is 1. The Morgan fingerprint density at radius 3 is 2.45 bits per heavy atom. The molecule has 0 radical (unpaired) electrons. The average molecular weight is 422 g/mol. The maximum absolute atomic E-state index is 11.0. The third-order valence-corrected chi connectivity index (χ3v) is 10.4. The molecule has 0 aromatic heterocycles. The van der Waals surface area contributed by atoms with E-state index in [1.807, 2.05) is 31.2 Å². The summed E-state index contributed by atoms with van der Waals surface area (Å²) >= 11 is 0. The van der Waals surface area contributed by atoms with Gasteiger partial charge in [-0.15, -0.1) is 0 Å². The number of fused-ring (bicyclic) bond motifs is 5. The summed E-state index contributed by atoms with van der Waals surface area (Å²) < 4.78 is 0. The van der Waals surface area contributed by atoms with Crippen LogP contribution in [0.4, 0.5) is 0 Å². The van der Waals surface area contributed by atoms with E-state index >= 15 is 0 Å². The zero-order chi connectivity index (χ0) is 21.8. The lowest BCUT2D eigenvalue weighted by Crippen LogP contribution is -2.50. The number of aliphatic hydroxyl groups is 2. The first kappa shape index (κ1) is 21.5. The number of nitriles is 1. The molecule has 0 heterocycles. The van der Waals surface area contributed by atoms with Gasteiger partial charge in [-0.3, -0.25) is 0 Å². The lowest BCUT2D eigenvalue weighted by molar-refractivity contribution is -0.101. The van der Waals surface area contributed by atoms with Crippen LogP contribution in [0, 0.1) is 52.3 Å². The van der Waals surface area contributed by atoms with Crippen LogP contribution in [0.3, 0.4) is 0 Å². The molecule has 1 aromatic rings. The molecule has 0 bridgehead atoms. The molecule has 4 aliphatic carbocycles. The van der Waals surface area contributed by atoms with Gasteiger partial charge in [-0.2, -0.15) is 5.26 Å². The second-order valence-electron chi connectivity index (χ2n) is 12.0. The summed E-state index contributed by atoms with van der Waals surface area (Å²) in [7, 11) is 0. The van der Waals surface area contributed by atoms with Crippen LogP contribution in [0.5, 0.6) is 0 Å². The summed E-state index contributed by atoms with van der Waals surface area (Å²) in [5.74, 6) is 4.72. The van der Waals surface area contributed by atoms with Crippen molar-refractivity contribution in [3.8, 4) is 6.07 Å². The minimum Gasteiger partial charge on any atom is -0.390 e. The van der Waals surface area contributed by atoms with E-state index in [0.717, 1.165) is 54.4 Å². The van der Waals surface area contributed by atoms with Gasteiger partial charge >= 0.3 is 0 Å². The number of hydrogen-bond acceptors (Lipinski definition) is 3. The van der Waals surface area contributed by atoms with Gasteiger partial charge in [0.2, 0.25) is 0 Å². The quantitative estimate of drug-likeness (QED) is 0.629.